The number of fused-ring (bicyclic) bond motifs is 3. The van der Waals surface area contributed by atoms with Crippen molar-refractivity contribution in [1.82, 2.24) is 5.32 Å². The fourth-order valence-corrected chi connectivity index (χ4v) is 7.37. The highest BCUT2D eigenvalue weighted by Gasteiger charge is 2.79. The monoisotopic (exact) mass is 396 g/mol. The molecule has 6 nitrogen and oxygen atoms in total. The second-order valence-electron chi connectivity index (χ2n) is 8.96. The molecule has 0 aromatic heterocycles. The summed E-state index contributed by atoms with van der Waals surface area (Å²) in [6.07, 6.45) is 3.98. The lowest BCUT2D eigenvalue weighted by Crippen LogP contribution is -2.78. The molecule has 154 valence electrons. The fraction of sp³-hybridized carbons (Fsp3) is 0.565. The number of ether oxygens (including phenoxy) is 1. The minimum absolute atomic E-state index is 0.00910. The first-order valence-electron chi connectivity index (χ1n) is 10.5. The summed E-state index contributed by atoms with van der Waals surface area (Å²) in [5, 5.41) is 18.3. The van der Waals surface area contributed by atoms with Gasteiger partial charge in [0.25, 0.3) is 0 Å². The number of hydrogen-bond donors (Lipinski definition) is 3. The van der Waals surface area contributed by atoms with Gasteiger partial charge in [0.05, 0.1) is 20.1 Å². The lowest BCUT2D eigenvalue weighted by molar-refractivity contribution is -0.156. The van der Waals surface area contributed by atoms with Crippen molar-refractivity contribution in [3.8, 4) is 0 Å². The maximum absolute atomic E-state index is 13.6. The van der Waals surface area contributed by atoms with E-state index < -0.39 is 16.4 Å². The molecule has 6 heteroatoms. The molecule has 3 fully saturated rings. The number of rotatable bonds is 3. The molecule has 1 aromatic carbocycles. The van der Waals surface area contributed by atoms with Crippen molar-refractivity contribution < 1.29 is 19.4 Å². The number of carbonyl (C=O) groups is 2. The number of carbonyl (C=O) groups excluding carboxylic acids is 2. The number of aliphatic hydroxyl groups is 1. The summed E-state index contributed by atoms with van der Waals surface area (Å²) in [7, 11) is 1.39. The third-order valence-electron chi connectivity index (χ3n) is 8.41. The van der Waals surface area contributed by atoms with Crippen molar-refractivity contribution in [3.63, 3.8) is 0 Å². The van der Waals surface area contributed by atoms with Crippen molar-refractivity contribution in [2.75, 3.05) is 25.6 Å². The molecule has 3 N–H and O–H groups in total. The Bertz CT molecular complexity index is 927. The maximum Gasteiger partial charge on any atom is 0.306 e. The Kier molecular flexibility index (Phi) is 4.00. The van der Waals surface area contributed by atoms with Crippen LogP contribution in [0.3, 0.4) is 0 Å². The van der Waals surface area contributed by atoms with E-state index in [0.29, 0.717) is 25.8 Å². The Hall–Kier alpha value is -2.18. The van der Waals surface area contributed by atoms with Gasteiger partial charge in [-0.05, 0) is 37.3 Å². The summed E-state index contributed by atoms with van der Waals surface area (Å²) in [5.74, 6) is -0.149. The van der Waals surface area contributed by atoms with Gasteiger partial charge in [0.1, 0.15) is 5.54 Å². The van der Waals surface area contributed by atoms with Gasteiger partial charge in [-0.15, -0.1) is 0 Å². The number of methoxy groups -OCH3 is 1. The van der Waals surface area contributed by atoms with Crippen molar-refractivity contribution >= 4 is 17.4 Å². The molecule has 29 heavy (non-hydrogen) atoms. The quantitative estimate of drug-likeness (QED) is 0.535. The van der Waals surface area contributed by atoms with E-state index in [-0.39, 0.29) is 36.7 Å². The van der Waals surface area contributed by atoms with Crippen LogP contribution in [0.25, 0.3) is 0 Å². The number of anilines is 1. The Balaban J connectivity index is 1.85. The van der Waals surface area contributed by atoms with Crippen LogP contribution < -0.4 is 10.6 Å². The summed E-state index contributed by atoms with van der Waals surface area (Å²) in [4.78, 5) is 26.3. The molecular weight excluding hydrogens is 368 g/mol. The number of ketones is 1. The molecule has 0 spiro atoms. The van der Waals surface area contributed by atoms with Crippen LogP contribution in [-0.4, -0.2) is 48.7 Å². The van der Waals surface area contributed by atoms with Crippen molar-refractivity contribution in [3.05, 3.63) is 41.5 Å². The summed E-state index contributed by atoms with van der Waals surface area (Å²) in [6, 6.07) is 7.99. The molecule has 1 saturated heterocycles. The van der Waals surface area contributed by atoms with Gasteiger partial charge in [0, 0.05) is 35.5 Å². The highest BCUT2D eigenvalue weighted by Crippen LogP contribution is 2.72. The third kappa shape index (κ3) is 1.94. The molecule has 2 saturated carbocycles. The predicted molar refractivity (Wildman–Crippen MR) is 109 cm³/mol. The maximum atomic E-state index is 13.6. The van der Waals surface area contributed by atoms with E-state index in [4.69, 9.17) is 4.74 Å². The van der Waals surface area contributed by atoms with E-state index in [1.165, 1.54) is 12.7 Å². The minimum Gasteiger partial charge on any atom is -0.469 e. The van der Waals surface area contributed by atoms with Crippen LogP contribution in [0, 0.1) is 11.3 Å². The third-order valence-corrected chi connectivity index (χ3v) is 8.41. The molecule has 4 aliphatic rings. The lowest BCUT2D eigenvalue weighted by Gasteiger charge is -2.64. The molecular formula is C23H28N2O4. The first-order chi connectivity index (χ1) is 14.0. The van der Waals surface area contributed by atoms with E-state index >= 15 is 0 Å². The summed E-state index contributed by atoms with van der Waals surface area (Å²) in [5.41, 5.74) is 0.893. The van der Waals surface area contributed by atoms with Gasteiger partial charge in [-0.3, -0.25) is 9.59 Å². The fourth-order valence-electron chi connectivity index (χ4n) is 7.37. The molecule has 0 unspecified atom stereocenters. The first-order valence-corrected chi connectivity index (χ1v) is 10.5. The van der Waals surface area contributed by atoms with Crippen LogP contribution in [0.2, 0.25) is 0 Å². The Morgan fingerprint density at radius 2 is 2.17 bits per heavy atom. The zero-order valence-electron chi connectivity index (χ0n) is 17.0. The van der Waals surface area contributed by atoms with Crippen molar-refractivity contribution in [2.45, 2.75) is 49.6 Å². The van der Waals surface area contributed by atoms with E-state index in [2.05, 4.69) is 22.8 Å². The van der Waals surface area contributed by atoms with Crippen molar-refractivity contribution in [2.24, 2.45) is 11.3 Å². The lowest BCUT2D eigenvalue weighted by atomic mass is 9.41. The SMILES string of the molecule is CC=C1CN[C@@H]2C[C@@H]1[C@@](CO)(CC(=O)OC)[C@@]13CCC(=O)[C@@]21Nc1ccccc13. The highest BCUT2D eigenvalue weighted by molar-refractivity contribution is 6.01. The van der Waals surface area contributed by atoms with E-state index in [1.807, 2.05) is 25.1 Å². The Morgan fingerprint density at radius 3 is 2.90 bits per heavy atom. The standard InChI is InChI=1S/C23H28N2O4/c1-3-14-12-24-18-10-16(14)21(13-26,11-20(28)29-2)22-9-8-19(27)23(18,22)25-17-7-5-4-6-15(17)22/h3-7,16,18,24-26H,8-13H2,1-2H3/t16-,18+,21-,22-,23-/m0/s1. The molecule has 2 bridgehead atoms. The average Bonchev–Trinajstić information content (AvgIpc) is 3.23. The molecule has 5 atom stereocenters. The van der Waals surface area contributed by atoms with Crippen LogP contribution >= 0.6 is 0 Å². The number of benzene rings is 1. The molecule has 5 rings (SSSR count). The van der Waals surface area contributed by atoms with Crippen LogP contribution in [0.4, 0.5) is 5.69 Å². The minimum atomic E-state index is -0.844. The number of esters is 1. The molecule has 0 amide bonds. The van der Waals surface area contributed by atoms with Gasteiger partial charge < -0.3 is 20.5 Å². The number of aliphatic hydroxyl groups excluding tert-OH is 1. The van der Waals surface area contributed by atoms with Gasteiger partial charge in [0.15, 0.2) is 5.78 Å². The largest absolute Gasteiger partial charge is 0.469 e. The topological polar surface area (TPSA) is 87.7 Å². The van der Waals surface area contributed by atoms with Crippen LogP contribution in [-0.2, 0) is 19.7 Å². The number of hydrogen-bond acceptors (Lipinski definition) is 6. The molecule has 0 radical (unpaired) electrons. The zero-order chi connectivity index (χ0) is 20.4. The molecule has 2 aliphatic heterocycles. The summed E-state index contributed by atoms with van der Waals surface area (Å²) in [6.45, 7) is 2.51. The van der Waals surface area contributed by atoms with Crippen LogP contribution in [0.15, 0.2) is 35.9 Å². The van der Waals surface area contributed by atoms with Crippen LogP contribution in [0.1, 0.15) is 38.2 Å². The normalized spacial score (nSPS) is 40.8. The number of allylic oxidation sites excluding steroid dienone is 1. The number of Topliss-reactive ketones (excluding diaryl/α,β-unsaturated/α-hetero) is 1. The number of nitrogens with one attached hydrogen (secondary N) is 2. The van der Waals surface area contributed by atoms with E-state index in [9.17, 15) is 14.7 Å². The second-order valence-corrected chi connectivity index (χ2v) is 8.96. The summed E-state index contributed by atoms with van der Waals surface area (Å²) >= 11 is 0. The van der Waals surface area contributed by atoms with Gasteiger partial charge in [-0.2, -0.15) is 0 Å². The second kappa shape index (κ2) is 6.16. The zero-order valence-corrected chi connectivity index (χ0v) is 17.0. The highest BCUT2D eigenvalue weighted by atomic mass is 16.5. The molecule has 2 heterocycles. The van der Waals surface area contributed by atoms with Gasteiger partial charge >= 0.3 is 5.97 Å². The first kappa shape index (κ1) is 18.8. The van der Waals surface area contributed by atoms with Gasteiger partial charge in [-0.1, -0.05) is 29.8 Å². The van der Waals surface area contributed by atoms with E-state index in [0.717, 1.165) is 11.3 Å². The smallest absolute Gasteiger partial charge is 0.306 e. The Labute approximate surface area is 170 Å². The van der Waals surface area contributed by atoms with Crippen LogP contribution in [0.5, 0.6) is 0 Å². The number of para-hydroxylation sites is 1. The van der Waals surface area contributed by atoms with Crippen molar-refractivity contribution in [1.29, 1.82) is 0 Å². The van der Waals surface area contributed by atoms with Gasteiger partial charge in [-0.25, -0.2) is 0 Å². The van der Waals surface area contributed by atoms with Gasteiger partial charge in [0.2, 0.25) is 0 Å². The summed E-state index contributed by atoms with van der Waals surface area (Å²) < 4.78 is 5.10. The number of piperidine rings is 1. The average molecular weight is 396 g/mol. The predicted octanol–water partition coefficient (Wildman–Crippen LogP) is 1.93. The molecule has 1 aromatic rings. The van der Waals surface area contributed by atoms with E-state index in [1.54, 1.807) is 0 Å². The Morgan fingerprint density at radius 1 is 1.38 bits per heavy atom. The molecule has 2 aliphatic carbocycles.